The normalized spacial score (nSPS) is 16.1. The van der Waals surface area contributed by atoms with Gasteiger partial charge in [-0.25, -0.2) is 4.39 Å². The third kappa shape index (κ3) is 4.30. The van der Waals surface area contributed by atoms with Crippen molar-refractivity contribution in [2.75, 3.05) is 38.2 Å². The second-order valence-corrected chi connectivity index (χ2v) is 6.93. The first-order chi connectivity index (χ1) is 12.0. The molecule has 0 bridgehead atoms. The summed E-state index contributed by atoms with van der Waals surface area (Å²) in [4.78, 5) is 4.73. The highest BCUT2D eigenvalue weighted by molar-refractivity contribution is 6.32. The van der Waals surface area contributed by atoms with Gasteiger partial charge in [-0.05, 0) is 43.2 Å². The molecule has 0 radical (unpaired) electrons. The maximum Gasteiger partial charge on any atom is 0.139 e. The fourth-order valence-electron chi connectivity index (χ4n) is 3.29. The molecule has 0 aliphatic carbocycles. The molecule has 1 aliphatic rings. The third-order valence-electron chi connectivity index (χ3n) is 5.04. The van der Waals surface area contributed by atoms with Gasteiger partial charge < -0.3 is 9.64 Å². The Morgan fingerprint density at radius 2 is 1.77 bits per heavy atom. The third-order valence-corrected chi connectivity index (χ3v) is 5.35. The number of methoxy groups -OCH3 is 1. The minimum atomic E-state index is -0.128. The number of anilines is 1. The van der Waals surface area contributed by atoms with E-state index in [2.05, 4.69) is 16.7 Å². The van der Waals surface area contributed by atoms with Crippen LogP contribution in [0.15, 0.2) is 36.4 Å². The van der Waals surface area contributed by atoms with Crippen molar-refractivity contribution in [1.82, 2.24) is 4.90 Å². The molecule has 2 aromatic rings. The number of hydrogen-bond donors (Lipinski definition) is 0. The van der Waals surface area contributed by atoms with Crippen LogP contribution < -0.4 is 9.64 Å². The van der Waals surface area contributed by atoms with Crippen molar-refractivity contribution in [3.63, 3.8) is 0 Å². The van der Waals surface area contributed by atoms with E-state index >= 15 is 0 Å². The van der Waals surface area contributed by atoms with Crippen molar-refractivity contribution in [3.8, 4) is 5.75 Å². The Kier molecular flexibility index (Phi) is 6.90. The molecule has 3 rings (SSSR count). The number of hydrogen-bond acceptors (Lipinski definition) is 3. The van der Waals surface area contributed by atoms with Crippen LogP contribution in [0.5, 0.6) is 5.75 Å². The predicted molar refractivity (Wildman–Crippen MR) is 108 cm³/mol. The second kappa shape index (κ2) is 8.74. The lowest BCUT2D eigenvalue weighted by Crippen LogP contribution is -2.47. The minimum Gasteiger partial charge on any atom is -0.495 e. The Morgan fingerprint density at radius 1 is 1.08 bits per heavy atom. The maximum absolute atomic E-state index is 13.8. The number of halogens is 2. The highest BCUT2D eigenvalue weighted by Gasteiger charge is 2.23. The first kappa shape index (κ1) is 20.5. The number of piperazine rings is 1. The van der Waals surface area contributed by atoms with Gasteiger partial charge >= 0.3 is 0 Å². The van der Waals surface area contributed by atoms with E-state index in [1.807, 2.05) is 30.3 Å². The summed E-state index contributed by atoms with van der Waals surface area (Å²) in [6, 6.07) is 11.6. The van der Waals surface area contributed by atoms with E-state index in [1.165, 1.54) is 0 Å². The van der Waals surface area contributed by atoms with Crippen LogP contribution in [0.4, 0.5) is 10.1 Å². The fourth-order valence-corrected chi connectivity index (χ4v) is 3.49. The van der Waals surface area contributed by atoms with Crippen molar-refractivity contribution in [2.24, 2.45) is 0 Å². The van der Waals surface area contributed by atoms with Crippen LogP contribution >= 0.6 is 11.6 Å². The van der Waals surface area contributed by atoms with E-state index in [0.29, 0.717) is 16.3 Å². The fraction of sp³-hybridized carbons (Fsp3) is 0.429. The number of benzene rings is 2. The summed E-state index contributed by atoms with van der Waals surface area (Å²) in [5.41, 5.74) is 2.84. The molecule has 1 aliphatic heterocycles. The van der Waals surface area contributed by atoms with Gasteiger partial charge in [0, 0.05) is 44.0 Å². The van der Waals surface area contributed by atoms with Crippen molar-refractivity contribution < 1.29 is 9.13 Å². The Bertz CT molecular complexity index is 745. The van der Waals surface area contributed by atoms with Crippen molar-refractivity contribution in [3.05, 3.63) is 58.4 Å². The van der Waals surface area contributed by atoms with E-state index in [1.54, 1.807) is 20.1 Å². The quantitative estimate of drug-likeness (QED) is 0.716. The molecule has 5 heteroatoms. The molecule has 0 amide bonds. The number of nitrogens with zero attached hydrogens (tertiary/aromatic N) is 2. The minimum absolute atomic E-state index is 0. The number of aryl methyl sites for hydroxylation is 1. The molecule has 0 N–H and O–H groups in total. The van der Waals surface area contributed by atoms with Gasteiger partial charge in [0.25, 0.3) is 0 Å². The van der Waals surface area contributed by atoms with E-state index in [-0.39, 0.29) is 19.3 Å². The van der Waals surface area contributed by atoms with E-state index in [9.17, 15) is 4.39 Å². The Labute approximate surface area is 161 Å². The summed E-state index contributed by atoms with van der Waals surface area (Å²) >= 11 is 6.11. The highest BCUT2D eigenvalue weighted by Crippen LogP contribution is 2.31. The Morgan fingerprint density at radius 3 is 2.38 bits per heavy atom. The van der Waals surface area contributed by atoms with Crippen molar-refractivity contribution >= 4 is 17.3 Å². The summed E-state index contributed by atoms with van der Waals surface area (Å²) in [6.45, 7) is 7.64. The molecule has 1 saturated heterocycles. The molecule has 0 aromatic heterocycles. The summed E-state index contributed by atoms with van der Waals surface area (Å²) in [6.07, 6.45) is 0. The first-order valence-corrected chi connectivity index (χ1v) is 8.96. The van der Waals surface area contributed by atoms with E-state index in [0.717, 1.165) is 37.4 Å². The predicted octanol–water partition coefficient (Wildman–Crippen LogP) is 5.32. The van der Waals surface area contributed by atoms with Crippen LogP contribution in [0.1, 0.15) is 31.5 Å². The van der Waals surface area contributed by atoms with Crippen LogP contribution in [-0.4, -0.2) is 38.2 Å². The molecule has 142 valence electrons. The molecule has 0 spiro atoms. The zero-order valence-electron chi connectivity index (χ0n) is 14.9. The summed E-state index contributed by atoms with van der Waals surface area (Å²) < 4.78 is 19.2. The molecule has 26 heavy (non-hydrogen) atoms. The van der Waals surface area contributed by atoms with Crippen LogP contribution in [0.2, 0.25) is 5.02 Å². The van der Waals surface area contributed by atoms with Gasteiger partial charge in [0.2, 0.25) is 0 Å². The standard InChI is InChI=1S/C20H24ClFN2O.CH4/c1-14-4-5-16(12-19(14)22)15(2)23-8-10-24(11-9-23)17-6-7-18(21)20(13-17)25-3;/h4-7,12-13,15H,8-11H2,1-3H3;1H4. The van der Waals surface area contributed by atoms with Crippen LogP contribution in [-0.2, 0) is 0 Å². The summed E-state index contributed by atoms with van der Waals surface area (Å²) in [7, 11) is 1.63. The van der Waals surface area contributed by atoms with Crippen LogP contribution in [0.25, 0.3) is 0 Å². The van der Waals surface area contributed by atoms with Gasteiger partial charge in [-0.15, -0.1) is 0 Å². The molecule has 3 nitrogen and oxygen atoms in total. The summed E-state index contributed by atoms with van der Waals surface area (Å²) in [5.74, 6) is 0.571. The molecule has 1 fully saturated rings. The van der Waals surface area contributed by atoms with Gasteiger partial charge in [-0.3, -0.25) is 4.90 Å². The molecule has 1 unspecified atom stereocenters. The first-order valence-electron chi connectivity index (χ1n) is 8.58. The van der Waals surface area contributed by atoms with Crippen LogP contribution in [0.3, 0.4) is 0 Å². The maximum atomic E-state index is 13.8. The number of rotatable bonds is 4. The molecule has 2 aromatic carbocycles. The Hall–Kier alpha value is -1.78. The molecular formula is C21H28ClFN2O. The Balaban J connectivity index is 0.00000243. The van der Waals surface area contributed by atoms with Gasteiger partial charge in [0.05, 0.1) is 12.1 Å². The monoisotopic (exact) mass is 378 g/mol. The van der Waals surface area contributed by atoms with Crippen LogP contribution in [0, 0.1) is 12.7 Å². The zero-order chi connectivity index (χ0) is 18.0. The lowest BCUT2D eigenvalue weighted by molar-refractivity contribution is 0.198. The van der Waals surface area contributed by atoms with Gasteiger partial charge in [-0.1, -0.05) is 31.2 Å². The lowest BCUT2D eigenvalue weighted by atomic mass is 10.0. The van der Waals surface area contributed by atoms with E-state index < -0.39 is 0 Å². The average molecular weight is 379 g/mol. The molecule has 1 heterocycles. The average Bonchev–Trinajstić information content (AvgIpc) is 2.64. The largest absolute Gasteiger partial charge is 0.495 e. The van der Waals surface area contributed by atoms with E-state index in [4.69, 9.17) is 16.3 Å². The SMILES string of the molecule is C.COc1cc(N2CCN(C(C)c3ccc(C)c(F)c3)CC2)ccc1Cl. The lowest BCUT2D eigenvalue weighted by Gasteiger charge is -2.39. The molecular weight excluding hydrogens is 351 g/mol. The molecule has 0 saturated carbocycles. The zero-order valence-corrected chi connectivity index (χ0v) is 15.7. The number of ether oxygens (including phenoxy) is 1. The van der Waals surface area contributed by atoms with Crippen molar-refractivity contribution in [1.29, 1.82) is 0 Å². The smallest absolute Gasteiger partial charge is 0.139 e. The van der Waals surface area contributed by atoms with Gasteiger partial charge in [0.1, 0.15) is 11.6 Å². The highest BCUT2D eigenvalue weighted by atomic mass is 35.5. The summed E-state index contributed by atoms with van der Waals surface area (Å²) in [5, 5.41) is 0.625. The molecule has 1 atom stereocenters. The second-order valence-electron chi connectivity index (χ2n) is 6.53. The van der Waals surface area contributed by atoms with Crippen molar-refractivity contribution in [2.45, 2.75) is 27.3 Å². The topological polar surface area (TPSA) is 15.7 Å². The van der Waals surface area contributed by atoms with Gasteiger partial charge in [-0.2, -0.15) is 0 Å². The van der Waals surface area contributed by atoms with Gasteiger partial charge in [0.15, 0.2) is 0 Å².